The van der Waals surface area contributed by atoms with Crippen molar-refractivity contribution in [3.63, 3.8) is 0 Å². The molecule has 1 N–H and O–H groups in total. The third kappa shape index (κ3) is 10.1. The minimum Gasteiger partial charge on any atom is -0.0312 e. The van der Waals surface area contributed by atoms with Crippen LogP contribution in [0.4, 0.5) is 0 Å². The van der Waals surface area contributed by atoms with Crippen LogP contribution in [0.2, 0.25) is 0 Å². The summed E-state index contributed by atoms with van der Waals surface area (Å²) in [5, 5.41) is 8.56. The SMILES string of the molecule is OCCCCN=C([Se])[C]1[CH][CH][CH][CH]1.[CH]1[CH][CH][CH][CH]1.[Fe+2]. The van der Waals surface area contributed by atoms with E-state index >= 15 is 0 Å². The van der Waals surface area contributed by atoms with Crippen molar-refractivity contribution in [2.75, 3.05) is 13.2 Å². The Morgan fingerprint density at radius 3 is 1.95 bits per heavy atom. The Hall–Kier alpha value is 0.669. The fraction of sp³-hybridized carbons (Fsp3) is 0.267. The van der Waals surface area contributed by atoms with Gasteiger partial charge < -0.3 is 0 Å². The molecule has 2 aliphatic carbocycles. The molecule has 0 bridgehead atoms. The van der Waals surface area contributed by atoms with Gasteiger partial charge in [-0.3, -0.25) is 0 Å². The quantitative estimate of drug-likeness (QED) is 0.451. The monoisotopic (exact) mass is 364 g/mol. The molecular weight excluding hydrogens is 345 g/mol. The first kappa shape index (κ1) is 19.7. The minimum absolute atomic E-state index is 0. The summed E-state index contributed by atoms with van der Waals surface area (Å²) >= 11 is 2.94. The van der Waals surface area contributed by atoms with Crippen molar-refractivity contribution < 1.29 is 22.2 Å². The van der Waals surface area contributed by atoms with E-state index in [-0.39, 0.29) is 23.7 Å². The molecule has 2 fully saturated rings. The predicted molar refractivity (Wildman–Crippen MR) is 76.3 cm³/mol. The Labute approximate surface area is 137 Å². The summed E-state index contributed by atoms with van der Waals surface area (Å²) in [6.45, 7) is 1.04. The van der Waals surface area contributed by atoms with Gasteiger partial charge in [0, 0.05) is 0 Å². The molecule has 2 rings (SSSR count). The molecule has 0 heterocycles. The summed E-state index contributed by atoms with van der Waals surface area (Å²) in [5.41, 5.74) is 0. The second-order valence-electron chi connectivity index (χ2n) is 3.75. The van der Waals surface area contributed by atoms with Crippen molar-refractivity contribution >= 4 is 20.6 Å². The third-order valence-corrected chi connectivity index (χ3v) is 3.05. The number of aliphatic imine (C=N–C) groups is 1. The summed E-state index contributed by atoms with van der Waals surface area (Å²) in [5.74, 6) is 1.14. The van der Waals surface area contributed by atoms with Gasteiger partial charge in [-0.25, -0.2) is 0 Å². The standard InChI is InChI=1S/C10H13NOSe.C5H5.Fe/c12-8-4-3-7-11-10(13)9-5-1-2-6-9;1-2-4-5-3-1;/h1-2,5-6,12H,3-4,7-8H2;1-5H;/q;;+2. The van der Waals surface area contributed by atoms with E-state index < -0.39 is 0 Å². The largest absolute Gasteiger partial charge is 2.00 e. The number of hydrogen-bond acceptors (Lipinski definition) is 2. The fourth-order valence-electron chi connectivity index (χ4n) is 1.33. The molecule has 0 aliphatic heterocycles. The molecule has 0 saturated heterocycles. The van der Waals surface area contributed by atoms with Gasteiger partial charge >= 0.3 is 105 Å². The van der Waals surface area contributed by atoms with Gasteiger partial charge in [-0.1, -0.05) is 0 Å². The van der Waals surface area contributed by atoms with E-state index in [0.29, 0.717) is 0 Å². The van der Waals surface area contributed by atoms with Gasteiger partial charge in [0.05, 0.1) is 0 Å². The van der Waals surface area contributed by atoms with Gasteiger partial charge in [0.25, 0.3) is 0 Å². The molecule has 101 valence electrons. The van der Waals surface area contributed by atoms with Crippen LogP contribution in [0.3, 0.4) is 0 Å². The van der Waals surface area contributed by atoms with Crippen molar-refractivity contribution in [2.45, 2.75) is 12.8 Å². The smallest absolute Gasteiger partial charge is 0.0312 e. The molecule has 11 radical (unpaired) electrons. The Kier molecular flexibility index (Phi) is 14.1. The maximum atomic E-state index is 8.56. The molecule has 2 nitrogen and oxygen atoms in total. The molecule has 0 spiro atoms. The van der Waals surface area contributed by atoms with E-state index in [2.05, 4.69) is 21.0 Å². The van der Waals surface area contributed by atoms with Crippen LogP contribution in [0.15, 0.2) is 4.99 Å². The van der Waals surface area contributed by atoms with Gasteiger partial charge in [0.2, 0.25) is 0 Å². The molecule has 19 heavy (non-hydrogen) atoms. The molecule has 0 amide bonds. The summed E-state index contributed by atoms with van der Waals surface area (Å²) in [6.07, 6.45) is 19.8. The zero-order valence-electron chi connectivity index (χ0n) is 10.7. The first-order chi connectivity index (χ1) is 8.84. The maximum absolute atomic E-state index is 8.56. The Balaban J connectivity index is 0.000000454. The molecule has 4 heteroatoms. The zero-order chi connectivity index (χ0) is 13.1. The molecule has 0 aromatic rings. The minimum atomic E-state index is 0. The van der Waals surface area contributed by atoms with Gasteiger partial charge in [0.15, 0.2) is 0 Å². The van der Waals surface area contributed by atoms with Crippen LogP contribution in [-0.4, -0.2) is 38.9 Å². The number of aliphatic hydroxyl groups excluding tert-OH is 1. The number of nitrogens with zero attached hydrogens (tertiary/aromatic N) is 1. The second-order valence-corrected chi connectivity index (χ2v) is 4.56. The molecule has 0 aromatic heterocycles. The average molecular weight is 363 g/mol. The molecule has 2 saturated carbocycles. The molecule has 0 aromatic carbocycles. The van der Waals surface area contributed by atoms with Crippen LogP contribution in [0.25, 0.3) is 0 Å². The first-order valence-corrected chi connectivity index (χ1v) is 6.91. The molecule has 2 aliphatic rings. The predicted octanol–water partition coefficient (Wildman–Crippen LogP) is 1.75. The van der Waals surface area contributed by atoms with E-state index in [4.69, 9.17) is 5.11 Å². The van der Waals surface area contributed by atoms with Crippen molar-refractivity contribution in [1.82, 2.24) is 0 Å². The van der Waals surface area contributed by atoms with Crippen molar-refractivity contribution in [2.24, 2.45) is 4.99 Å². The Morgan fingerprint density at radius 2 is 1.47 bits per heavy atom. The van der Waals surface area contributed by atoms with Crippen LogP contribution in [0.1, 0.15) is 12.8 Å². The number of hydrogen-bond donors (Lipinski definition) is 1. The van der Waals surface area contributed by atoms with Gasteiger partial charge in [-0.05, 0) is 32.1 Å². The van der Waals surface area contributed by atoms with E-state index in [9.17, 15) is 0 Å². The van der Waals surface area contributed by atoms with Crippen LogP contribution >= 0.6 is 0 Å². The summed E-state index contributed by atoms with van der Waals surface area (Å²) in [6, 6.07) is 0. The fourth-order valence-corrected chi connectivity index (χ4v) is 1.81. The van der Waals surface area contributed by atoms with Crippen molar-refractivity contribution in [1.29, 1.82) is 0 Å². The van der Waals surface area contributed by atoms with Gasteiger partial charge in [0.1, 0.15) is 0 Å². The summed E-state index contributed by atoms with van der Waals surface area (Å²) in [7, 11) is 0. The summed E-state index contributed by atoms with van der Waals surface area (Å²) in [4.78, 5) is 4.35. The van der Waals surface area contributed by atoms with Crippen LogP contribution in [-0.2, 0) is 17.1 Å². The second kappa shape index (κ2) is 13.6. The van der Waals surface area contributed by atoms with Crippen LogP contribution in [0.5, 0.6) is 0 Å². The molecular formula is C15H18FeNOSe+2. The zero-order valence-corrected chi connectivity index (χ0v) is 13.5. The first-order valence-electron chi connectivity index (χ1n) is 6.05. The van der Waals surface area contributed by atoms with Crippen LogP contribution < -0.4 is 0 Å². The van der Waals surface area contributed by atoms with Gasteiger partial charge in [-0.15, -0.1) is 0 Å². The molecule has 0 unspecified atom stereocenters. The van der Waals surface area contributed by atoms with E-state index in [1.165, 1.54) is 0 Å². The number of unbranched alkanes of at least 4 members (excludes halogenated alkanes) is 1. The van der Waals surface area contributed by atoms with Gasteiger partial charge in [-0.2, -0.15) is 0 Å². The number of rotatable bonds is 5. The third-order valence-electron chi connectivity index (χ3n) is 2.29. The van der Waals surface area contributed by atoms with E-state index in [1.807, 2.05) is 57.8 Å². The molecule has 0 atom stereocenters. The maximum Gasteiger partial charge on any atom is 2.00 e. The Bertz CT molecular complexity index is 219. The topological polar surface area (TPSA) is 32.6 Å². The normalized spacial score (nSPS) is 19.7. The van der Waals surface area contributed by atoms with Crippen molar-refractivity contribution in [3.8, 4) is 0 Å². The Morgan fingerprint density at radius 1 is 0.947 bits per heavy atom. The van der Waals surface area contributed by atoms with Crippen LogP contribution in [0, 0.1) is 63.7 Å². The number of aliphatic hydroxyl groups is 1. The average Bonchev–Trinajstić information content (AvgIpc) is 3.09. The van der Waals surface area contributed by atoms with Crippen molar-refractivity contribution in [3.05, 3.63) is 63.7 Å². The van der Waals surface area contributed by atoms with E-state index in [1.54, 1.807) is 0 Å². The summed E-state index contributed by atoms with van der Waals surface area (Å²) < 4.78 is 0.961. The van der Waals surface area contributed by atoms with E-state index in [0.717, 1.165) is 29.9 Å².